The van der Waals surface area contributed by atoms with Crippen LogP contribution in [-0.4, -0.2) is 0 Å². The maximum absolute atomic E-state index is 5.80. The molecule has 0 radical (unpaired) electrons. The lowest BCUT2D eigenvalue weighted by atomic mass is 10.2. The zero-order valence-corrected chi connectivity index (χ0v) is 13.9. The van der Waals surface area contributed by atoms with Crippen molar-refractivity contribution in [1.29, 1.82) is 0 Å². The van der Waals surface area contributed by atoms with Crippen LogP contribution in [0.4, 0.5) is 0 Å². The molecule has 122 valence electrons. The van der Waals surface area contributed by atoms with Crippen LogP contribution in [0.25, 0.3) is 0 Å². The Kier molecular flexibility index (Phi) is 5.14. The monoisotopic (exact) mass is 320 g/mol. The molecule has 0 saturated heterocycles. The van der Waals surface area contributed by atoms with E-state index in [1.165, 1.54) is 11.1 Å². The summed E-state index contributed by atoms with van der Waals surface area (Å²) in [5.41, 5.74) is 3.41. The van der Waals surface area contributed by atoms with Crippen LogP contribution in [0.15, 0.2) is 72.8 Å². The predicted molar refractivity (Wildman–Crippen MR) is 94.3 cm³/mol. The lowest BCUT2D eigenvalue weighted by Crippen LogP contribution is -1.98. The summed E-state index contributed by atoms with van der Waals surface area (Å²) < 4.78 is 5.80. The fraction of sp³-hybridized carbons (Fsp3) is 0.143. The highest BCUT2D eigenvalue weighted by atomic mass is 17.2. The van der Waals surface area contributed by atoms with Gasteiger partial charge in [-0.15, -0.1) is 0 Å². The van der Waals surface area contributed by atoms with Crippen molar-refractivity contribution in [1.82, 2.24) is 0 Å². The fourth-order valence-corrected chi connectivity index (χ4v) is 2.16. The van der Waals surface area contributed by atoms with Gasteiger partial charge in [0, 0.05) is 0 Å². The van der Waals surface area contributed by atoms with Crippen LogP contribution in [0.5, 0.6) is 17.2 Å². The normalized spacial score (nSPS) is 10.4. The van der Waals surface area contributed by atoms with E-state index in [0.717, 1.165) is 17.1 Å². The highest BCUT2D eigenvalue weighted by Gasteiger charge is 2.00. The fourth-order valence-electron chi connectivity index (χ4n) is 2.16. The summed E-state index contributed by atoms with van der Waals surface area (Å²) in [5, 5.41) is 0. The molecule has 0 spiro atoms. The molecule has 0 aliphatic rings. The Balaban J connectivity index is 1.50. The Morgan fingerprint density at radius 3 is 1.58 bits per heavy atom. The molecule has 3 aromatic rings. The Bertz CT molecular complexity index is 760. The molecule has 3 aromatic carbocycles. The van der Waals surface area contributed by atoms with Crippen LogP contribution in [0.1, 0.15) is 16.7 Å². The van der Waals surface area contributed by atoms with Gasteiger partial charge in [0.25, 0.3) is 0 Å². The van der Waals surface area contributed by atoms with E-state index in [-0.39, 0.29) is 0 Å². The molecular formula is C21H20O3. The summed E-state index contributed by atoms with van der Waals surface area (Å²) in [6, 6.07) is 23.5. The Labute approximate surface area is 142 Å². The van der Waals surface area contributed by atoms with E-state index in [4.69, 9.17) is 14.5 Å². The maximum Gasteiger partial charge on any atom is 0.165 e. The standard InChI is InChI=1S/C21H20O3/c1-16-3-9-19(10-4-16)23-20-13-7-18(8-14-20)15-22-24-21-11-5-17(2)6-12-21/h3-14H,15H2,1-2H3. The molecule has 0 saturated carbocycles. The molecule has 24 heavy (non-hydrogen) atoms. The van der Waals surface area contributed by atoms with Gasteiger partial charge in [-0.05, 0) is 55.8 Å². The van der Waals surface area contributed by atoms with Crippen LogP contribution in [-0.2, 0) is 11.5 Å². The zero-order chi connectivity index (χ0) is 16.8. The van der Waals surface area contributed by atoms with Crippen molar-refractivity contribution in [3.05, 3.63) is 89.5 Å². The molecule has 3 nitrogen and oxygen atoms in total. The van der Waals surface area contributed by atoms with Crippen LogP contribution in [0.3, 0.4) is 0 Å². The molecule has 0 amide bonds. The van der Waals surface area contributed by atoms with E-state index < -0.39 is 0 Å². The molecular weight excluding hydrogens is 300 g/mol. The lowest BCUT2D eigenvalue weighted by Gasteiger charge is -2.08. The van der Waals surface area contributed by atoms with Crippen LogP contribution in [0.2, 0.25) is 0 Å². The van der Waals surface area contributed by atoms with E-state index >= 15 is 0 Å². The minimum Gasteiger partial charge on any atom is -0.457 e. The van der Waals surface area contributed by atoms with Gasteiger partial charge in [-0.1, -0.05) is 47.5 Å². The van der Waals surface area contributed by atoms with Crippen molar-refractivity contribution in [2.45, 2.75) is 20.5 Å². The van der Waals surface area contributed by atoms with E-state index in [9.17, 15) is 0 Å². The summed E-state index contributed by atoms with van der Waals surface area (Å²) in [7, 11) is 0. The Morgan fingerprint density at radius 1 is 0.583 bits per heavy atom. The molecule has 0 aliphatic heterocycles. The Hall–Kier alpha value is -2.78. The number of hydrogen-bond donors (Lipinski definition) is 0. The molecule has 0 unspecified atom stereocenters. The van der Waals surface area contributed by atoms with E-state index in [1.54, 1.807) is 0 Å². The molecule has 0 atom stereocenters. The van der Waals surface area contributed by atoms with Crippen LogP contribution >= 0.6 is 0 Å². The van der Waals surface area contributed by atoms with Gasteiger partial charge in [0.15, 0.2) is 5.75 Å². The SMILES string of the molecule is Cc1ccc(OOCc2ccc(Oc3ccc(C)cc3)cc2)cc1. The van der Waals surface area contributed by atoms with Gasteiger partial charge in [0.2, 0.25) is 0 Å². The van der Waals surface area contributed by atoms with Crippen LogP contribution in [0, 0.1) is 13.8 Å². The topological polar surface area (TPSA) is 27.7 Å². The molecule has 0 aliphatic carbocycles. The van der Waals surface area contributed by atoms with Gasteiger partial charge in [0.05, 0.1) is 0 Å². The second-order valence-corrected chi connectivity index (χ2v) is 5.72. The third-order valence-electron chi connectivity index (χ3n) is 3.58. The first kappa shape index (κ1) is 16.1. The quantitative estimate of drug-likeness (QED) is 0.436. The average Bonchev–Trinajstić information content (AvgIpc) is 2.60. The van der Waals surface area contributed by atoms with Crippen molar-refractivity contribution in [2.75, 3.05) is 0 Å². The molecule has 0 N–H and O–H groups in total. The number of ether oxygens (including phenoxy) is 1. The van der Waals surface area contributed by atoms with Gasteiger partial charge in [-0.2, -0.15) is 4.89 Å². The largest absolute Gasteiger partial charge is 0.457 e. The third-order valence-corrected chi connectivity index (χ3v) is 3.58. The van der Waals surface area contributed by atoms with Crippen molar-refractivity contribution < 1.29 is 14.5 Å². The molecule has 0 aromatic heterocycles. The van der Waals surface area contributed by atoms with Gasteiger partial charge < -0.3 is 9.62 Å². The minimum atomic E-state index is 0.374. The second kappa shape index (κ2) is 7.66. The number of aryl methyl sites for hydroxylation is 2. The first-order chi connectivity index (χ1) is 11.7. The number of rotatable bonds is 6. The summed E-state index contributed by atoms with van der Waals surface area (Å²) in [6.07, 6.45) is 0. The van der Waals surface area contributed by atoms with E-state index in [0.29, 0.717) is 12.4 Å². The smallest absolute Gasteiger partial charge is 0.165 e. The van der Waals surface area contributed by atoms with Gasteiger partial charge >= 0.3 is 0 Å². The highest BCUT2D eigenvalue weighted by molar-refractivity contribution is 5.34. The van der Waals surface area contributed by atoms with Gasteiger partial charge in [-0.25, -0.2) is 0 Å². The third kappa shape index (κ3) is 4.61. The number of benzene rings is 3. The van der Waals surface area contributed by atoms with Crippen LogP contribution < -0.4 is 9.62 Å². The van der Waals surface area contributed by atoms with Crippen molar-refractivity contribution in [2.24, 2.45) is 0 Å². The van der Waals surface area contributed by atoms with Crippen molar-refractivity contribution >= 4 is 0 Å². The molecule has 0 bridgehead atoms. The van der Waals surface area contributed by atoms with Crippen molar-refractivity contribution in [3.63, 3.8) is 0 Å². The zero-order valence-electron chi connectivity index (χ0n) is 13.9. The first-order valence-electron chi connectivity index (χ1n) is 7.89. The summed E-state index contributed by atoms with van der Waals surface area (Å²) >= 11 is 0. The Morgan fingerprint density at radius 2 is 1.04 bits per heavy atom. The highest BCUT2D eigenvalue weighted by Crippen LogP contribution is 2.22. The molecule has 3 heteroatoms. The average molecular weight is 320 g/mol. The van der Waals surface area contributed by atoms with Gasteiger partial charge in [0.1, 0.15) is 18.1 Å². The summed E-state index contributed by atoms with van der Waals surface area (Å²) in [6.45, 7) is 4.46. The molecule has 0 heterocycles. The summed E-state index contributed by atoms with van der Waals surface area (Å²) in [5.74, 6) is 2.31. The second-order valence-electron chi connectivity index (χ2n) is 5.72. The maximum atomic E-state index is 5.80. The predicted octanol–water partition coefficient (Wildman–Crippen LogP) is 5.61. The molecule has 3 rings (SSSR count). The first-order valence-corrected chi connectivity index (χ1v) is 7.89. The van der Waals surface area contributed by atoms with Gasteiger partial charge in [-0.3, -0.25) is 0 Å². The molecule has 0 fully saturated rings. The van der Waals surface area contributed by atoms with E-state index in [2.05, 4.69) is 6.92 Å². The summed E-state index contributed by atoms with van der Waals surface area (Å²) in [4.78, 5) is 10.5. The number of hydrogen-bond acceptors (Lipinski definition) is 3. The van der Waals surface area contributed by atoms with Crippen molar-refractivity contribution in [3.8, 4) is 17.2 Å². The minimum absolute atomic E-state index is 0.374. The lowest BCUT2D eigenvalue weighted by molar-refractivity contribution is -0.217. The van der Waals surface area contributed by atoms with E-state index in [1.807, 2.05) is 79.7 Å².